The van der Waals surface area contributed by atoms with E-state index in [1.165, 1.54) is 36.9 Å². The van der Waals surface area contributed by atoms with E-state index in [1.807, 2.05) is 22.9 Å². The number of rotatable bonds is 4. The first-order valence-electron chi connectivity index (χ1n) is 7.59. The minimum absolute atomic E-state index is 0.251. The Kier molecular flexibility index (Phi) is 2.62. The largest absolute Gasteiger partial charge is 0.289 e. The van der Waals surface area contributed by atoms with Crippen molar-refractivity contribution in [2.75, 3.05) is 0 Å². The van der Waals surface area contributed by atoms with Crippen LogP contribution in [0.15, 0.2) is 35.1 Å². The van der Waals surface area contributed by atoms with Gasteiger partial charge in [-0.15, -0.1) is 0 Å². The summed E-state index contributed by atoms with van der Waals surface area (Å²) in [5, 5.41) is 0. The molecule has 2 fully saturated rings. The minimum Gasteiger partial charge on any atom is -0.289 e. The predicted octanol–water partition coefficient (Wildman–Crippen LogP) is 2.99. The maximum atomic E-state index is 12.8. The van der Waals surface area contributed by atoms with Crippen molar-refractivity contribution in [3.63, 3.8) is 0 Å². The number of aromatic nitrogens is 2. The van der Waals surface area contributed by atoms with E-state index in [9.17, 15) is 4.79 Å². The van der Waals surface area contributed by atoms with Crippen molar-refractivity contribution < 1.29 is 0 Å². The molecular weight excluding hydrogens is 248 g/mol. The Bertz CT molecular complexity index is 688. The van der Waals surface area contributed by atoms with E-state index in [-0.39, 0.29) is 5.56 Å². The van der Waals surface area contributed by atoms with E-state index in [1.54, 1.807) is 0 Å². The molecule has 0 radical (unpaired) electrons. The van der Waals surface area contributed by atoms with Gasteiger partial charge < -0.3 is 0 Å². The Morgan fingerprint density at radius 3 is 2.30 bits per heavy atom. The second-order valence-electron chi connectivity index (χ2n) is 6.22. The van der Waals surface area contributed by atoms with E-state index >= 15 is 0 Å². The number of hydrogen-bond acceptors (Lipinski definition) is 1. The molecule has 0 N–H and O–H groups in total. The summed E-state index contributed by atoms with van der Waals surface area (Å²) in [5.41, 5.74) is 3.90. The summed E-state index contributed by atoms with van der Waals surface area (Å²) in [6.07, 6.45) is 4.90. The van der Waals surface area contributed by atoms with E-state index in [0.717, 1.165) is 5.56 Å². The Hall–Kier alpha value is -1.77. The Morgan fingerprint density at radius 2 is 1.70 bits per heavy atom. The van der Waals surface area contributed by atoms with E-state index in [4.69, 9.17) is 0 Å². The zero-order valence-corrected chi connectivity index (χ0v) is 11.9. The van der Waals surface area contributed by atoms with Gasteiger partial charge in [-0.2, -0.15) is 0 Å². The average molecular weight is 268 g/mol. The van der Waals surface area contributed by atoms with Crippen LogP contribution in [0.1, 0.15) is 54.3 Å². The van der Waals surface area contributed by atoms with Crippen LogP contribution in [0.5, 0.6) is 0 Å². The Balaban J connectivity index is 1.79. The molecule has 0 unspecified atom stereocenters. The third-order valence-corrected chi connectivity index (χ3v) is 4.58. The predicted molar refractivity (Wildman–Crippen MR) is 79.2 cm³/mol. The average Bonchev–Trinajstić information content (AvgIpc) is 3.35. The van der Waals surface area contributed by atoms with E-state index < -0.39 is 0 Å². The zero-order valence-electron chi connectivity index (χ0n) is 11.9. The standard InChI is InChI=1S/C17H20N2O/c1-18-16(14-9-10-14)15(13-7-8-13)17(20)19(18)11-12-5-3-2-4-6-12/h2-6,13-14H,7-11H2,1H3. The summed E-state index contributed by atoms with van der Waals surface area (Å²) in [6.45, 7) is 0.683. The lowest BCUT2D eigenvalue weighted by atomic mass is 10.1. The molecule has 1 aromatic carbocycles. The molecule has 1 aromatic heterocycles. The van der Waals surface area contributed by atoms with Crippen molar-refractivity contribution in [1.29, 1.82) is 0 Å². The fourth-order valence-electron chi connectivity index (χ4n) is 3.22. The second-order valence-corrected chi connectivity index (χ2v) is 6.22. The second kappa shape index (κ2) is 4.37. The van der Waals surface area contributed by atoms with E-state index in [0.29, 0.717) is 18.4 Å². The highest BCUT2D eigenvalue weighted by atomic mass is 16.1. The van der Waals surface area contributed by atoms with Crippen molar-refractivity contribution in [2.24, 2.45) is 7.05 Å². The molecule has 20 heavy (non-hydrogen) atoms. The van der Waals surface area contributed by atoms with Crippen LogP contribution in [0.4, 0.5) is 0 Å². The summed E-state index contributed by atoms with van der Waals surface area (Å²) < 4.78 is 4.07. The highest BCUT2D eigenvalue weighted by molar-refractivity contribution is 5.33. The minimum atomic E-state index is 0.251. The lowest BCUT2D eigenvalue weighted by Crippen LogP contribution is -2.23. The molecule has 0 bridgehead atoms. The van der Waals surface area contributed by atoms with Crippen molar-refractivity contribution in [1.82, 2.24) is 9.36 Å². The third-order valence-electron chi connectivity index (χ3n) is 4.58. The van der Waals surface area contributed by atoms with Gasteiger partial charge >= 0.3 is 0 Å². The summed E-state index contributed by atoms with van der Waals surface area (Å²) >= 11 is 0. The van der Waals surface area contributed by atoms with Gasteiger partial charge in [-0.25, -0.2) is 4.68 Å². The molecule has 2 aliphatic rings. The molecular formula is C17H20N2O. The molecule has 0 spiro atoms. The fourth-order valence-corrected chi connectivity index (χ4v) is 3.22. The normalized spacial score (nSPS) is 18.4. The van der Waals surface area contributed by atoms with Gasteiger partial charge in [0.2, 0.25) is 0 Å². The van der Waals surface area contributed by atoms with Crippen LogP contribution in [0.25, 0.3) is 0 Å². The van der Waals surface area contributed by atoms with Crippen LogP contribution < -0.4 is 5.56 Å². The SMILES string of the molecule is Cn1c(C2CC2)c(C2CC2)c(=O)n1Cc1ccccc1. The fraction of sp³-hybridized carbons (Fsp3) is 0.471. The molecule has 4 rings (SSSR count). The monoisotopic (exact) mass is 268 g/mol. The van der Waals surface area contributed by atoms with Crippen LogP contribution in [0.2, 0.25) is 0 Å². The first-order chi connectivity index (χ1) is 9.75. The van der Waals surface area contributed by atoms with Crippen LogP contribution in [0.3, 0.4) is 0 Å². The maximum Gasteiger partial charge on any atom is 0.270 e. The summed E-state index contributed by atoms with van der Waals surface area (Å²) in [6, 6.07) is 10.3. The lowest BCUT2D eigenvalue weighted by Gasteiger charge is -2.10. The first kappa shape index (κ1) is 12.0. The van der Waals surface area contributed by atoms with Gasteiger partial charge in [0.1, 0.15) is 0 Å². The number of hydrogen-bond donors (Lipinski definition) is 0. The number of nitrogens with zero attached hydrogens (tertiary/aromatic N) is 2. The highest BCUT2D eigenvalue weighted by Gasteiger charge is 2.38. The van der Waals surface area contributed by atoms with Gasteiger partial charge in [0.15, 0.2) is 0 Å². The summed E-state index contributed by atoms with van der Waals surface area (Å²) in [7, 11) is 2.06. The molecule has 3 nitrogen and oxygen atoms in total. The lowest BCUT2D eigenvalue weighted by molar-refractivity contribution is 0.518. The number of benzene rings is 1. The Morgan fingerprint density at radius 1 is 1.05 bits per heavy atom. The molecule has 1 heterocycles. The van der Waals surface area contributed by atoms with E-state index in [2.05, 4.69) is 23.9 Å². The van der Waals surface area contributed by atoms with Gasteiger partial charge in [0.25, 0.3) is 5.56 Å². The van der Waals surface area contributed by atoms with Crippen LogP contribution in [-0.4, -0.2) is 9.36 Å². The quantitative estimate of drug-likeness (QED) is 0.837. The molecule has 3 heteroatoms. The van der Waals surface area contributed by atoms with Gasteiger partial charge in [-0.1, -0.05) is 30.3 Å². The van der Waals surface area contributed by atoms with Gasteiger partial charge in [-0.3, -0.25) is 9.48 Å². The zero-order chi connectivity index (χ0) is 13.7. The van der Waals surface area contributed by atoms with Crippen molar-refractivity contribution in [3.8, 4) is 0 Å². The van der Waals surface area contributed by atoms with Crippen LogP contribution >= 0.6 is 0 Å². The van der Waals surface area contributed by atoms with Crippen molar-refractivity contribution >= 4 is 0 Å². The molecule has 0 atom stereocenters. The molecule has 2 aliphatic carbocycles. The molecule has 2 saturated carbocycles. The summed E-state index contributed by atoms with van der Waals surface area (Å²) in [5.74, 6) is 1.18. The smallest absolute Gasteiger partial charge is 0.270 e. The molecule has 2 aromatic rings. The topological polar surface area (TPSA) is 26.9 Å². The van der Waals surface area contributed by atoms with Crippen molar-refractivity contribution in [2.45, 2.75) is 44.1 Å². The molecule has 0 aliphatic heterocycles. The van der Waals surface area contributed by atoms with Gasteiger partial charge in [0.05, 0.1) is 6.54 Å². The maximum absolute atomic E-state index is 12.8. The first-order valence-corrected chi connectivity index (χ1v) is 7.59. The van der Waals surface area contributed by atoms with Crippen LogP contribution in [-0.2, 0) is 13.6 Å². The molecule has 104 valence electrons. The van der Waals surface area contributed by atoms with Crippen molar-refractivity contribution in [3.05, 3.63) is 57.5 Å². The van der Waals surface area contributed by atoms with Gasteiger partial charge in [-0.05, 0) is 37.2 Å². The van der Waals surface area contributed by atoms with Gasteiger partial charge in [0, 0.05) is 24.2 Å². The molecule has 0 saturated heterocycles. The summed E-state index contributed by atoms with van der Waals surface area (Å²) in [4.78, 5) is 12.8. The highest BCUT2D eigenvalue weighted by Crippen LogP contribution is 2.47. The third kappa shape index (κ3) is 1.92. The Labute approximate surface area is 118 Å². The molecule has 0 amide bonds. The van der Waals surface area contributed by atoms with Crippen LogP contribution in [0, 0.1) is 0 Å².